The number of rotatable bonds is 4. The van der Waals surface area contributed by atoms with Gasteiger partial charge >= 0.3 is 0 Å². The molecule has 0 aliphatic rings. The summed E-state index contributed by atoms with van der Waals surface area (Å²) in [6.07, 6.45) is 0. The zero-order valence-corrected chi connectivity index (χ0v) is 10.7. The maximum atomic E-state index is 11.6. The second-order valence-electron chi connectivity index (χ2n) is 2.94. The topological polar surface area (TPSA) is 17.1 Å². The van der Waals surface area contributed by atoms with E-state index in [1.54, 1.807) is 11.8 Å². The molecule has 0 saturated carbocycles. The predicted octanol–water partition coefficient (Wildman–Crippen LogP) is 3.76. The smallest absolute Gasteiger partial charge is 0.176 e. The lowest BCUT2D eigenvalue weighted by Crippen LogP contribution is -2.09. The summed E-state index contributed by atoms with van der Waals surface area (Å²) >= 11 is 5.05. The monoisotopic (exact) mass is 272 g/mol. The van der Waals surface area contributed by atoms with Crippen molar-refractivity contribution in [1.82, 2.24) is 0 Å². The summed E-state index contributed by atoms with van der Waals surface area (Å²) in [5, 5.41) is 0. The van der Waals surface area contributed by atoms with Crippen LogP contribution in [0.5, 0.6) is 0 Å². The fraction of sp³-hybridized carbons (Fsp3) is 0.364. The van der Waals surface area contributed by atoms with Crippen LogP contribution in [0.4, 0.5) is 0 Å². The number of carbonyl (C=O) groups excluding carboxylic acids is 1. The van der Waals surface area contributed by atoms with Gasteiger partial charge in [-0.05, 0) is 24.8 Å². The number of ketones is 1. The van der Waals surface area contributed by atoms with Gasteiger partial charge in [0.1, 0.15) is 0 Å². The van der Waals surface area contributed by atoms with Gasteiger partial charge in [0, 0.05) is 10.5 Å². The zero-order chi connectivity index (χ0) is 10.6. The quantitative estimate of drug-likeness (QED) is 0.472. The number of hydrogen-bond acceptors (Lipinski definition) is 2. The van der Waals surface area contributed by atoms with Gasteiger partial charge in [0.2, 0.25) is 0 Å². The van der Waals surface area contributed by atoms with Crippen molar-refractivity contribution < 1.29 is 4.79 Å². The summed E-state index contributed by atoms with van der Waals surface area (Å²) in [7, 11) is 0. The molecule has 0 aliphatic carbocycles. The molecule has 0 radical (unpaired) electrons. The highest BCUT2D eigenvalue weighted by Crippen LogP contribution is 2.19. The summed E-state index contributed by atoms with van der Waals surface area (Å²) in [6.45, 7) is 3.96. The Morgan fingerprint density at radius 2 is 2.00 bits per heavy atom. The van der Waals surface area contributed by atoms with Gasteiger partial charge in [0.05, 0.1) is 4.83 Å². The predicted molar refractivity (Wildman–Crippen MR) is 65.6 cm³/mol. The minimum Gasteiger partial charge on any atom is -0.293 e. The number of hydrogen-bond donors (Lipinski definition) is 0. The van der Waals surface area contributed by atoms with E-state index in [2.05, 4.69) is 22.9 Å². The van der Waals surface area contributed by atoms with Crippen molar-refractivity contribution in [2.24, 2.45) is 0 Å². The highest BCUT2D eigenvalue weighted by molar-refractivity contribution is 9.10. The summed E-state index contributed by atoms with van der Waals surface area (Å²) in [6, 6.07) is 7.77. The van der Waals surface area contributed by atoms with Crippen LogP contribution < -0.4 is 0 Å². The molecule has 0 N–H and O–H groups in total. The second kappa shape index (κ2) is 5.56. The maximum Gasteiger partial charge on any atom is 0.176 e. The maximum absolute atomic E-state index is 11.6. The number of alkyl halides is 1. The normalized spacial score (nSPS) is 12.5. The van der Waals surface area contributed by atoms with Crippen LogP contribution in [-0.2, 0) is 0 Å². The molecule has 0 spiro atoms. The molecule has 1 aromatic rings. The Morgan fingerprint density at radius 3 is 2.43 bits per heavy atom. The third-order valence-corrected chi connectivity index (χ3v) is 3.12. The third kappa shape index (κ3) is 3.14. The van der Waals surface area contributed by atoms with Gasteiger partial charge in [-0.1, -0.05) is 35.0 Å². The molecule has 1 aromatic carbocycles. The Bertz CT molecular complexity index is 306. The van der Waals surface area contributed by atoms with Gasteiger partial charge < -0.3 is 0 Å². The van der Waals surface area contributed by atoms with E-state index in [0.717, 1.165) is 11.3 Å². The van der Waals surface area contributed by atoms with E-state index in [4.69, 9.17) is 0 Å². The highest BCUT2D eigenvalue weighted by Gasteiger charge is 2.10. The van der Waals surface area contributed by atoms with Crippen molar-refractivity contribution in [2.45, 2.75) is 23.6 Å². The Hall–Kier alpha value is -0.280. The van der Waals surface area contributed by atoms with Crippen molar-refractivity contribution in [3.8, 4) is 0 Å². The molecule has 1 nitrogen and oxygen atoms in total. The molecule has 1 unspecified atom stereocenters. The fourth-order valence-corrected chi connectivity index (χ4v) is 2.04. The number of benzene rings is 1. The molecular formula is C11H13BrOS. The van der Waals surface area contributed by atoms with Crippen LogP contribution in [0.25, 0.3) is 0 Å². The molecule has 0 fully saturated rings. The number of Topliss-reactive ketones (excluding diaryl/α,β-unsaturated/α-hetero) is 1. The lowest BCUT2D eigenvalue weighted by atomic mass is 10.1. The van der Waals surface area contributed by atoms with E-state index >= 15 is 0 Å². The van der Waals surface area contributed by atoms with E-state index in [0.29, 0.717) is 0 Å². The first-order valence-electron chi connectivity index (χ1n) is 4.56. The van der Waals surface area contributed by atoms with Crippen LogP contribution in [0.3, 0.4) is 0 Å². The lowest BCUT2D eigenvalue weighted by Gasteiger charge is -2.03. The summed E-state index contributed by atoms with van der Waals surface area (Å²) < 4.78 is 0. The molecule has 1 rings (SSSR count). The first-order chi connectivity index (χ1) is 6.65. The molecule has 1 atom stereocenters. The second-order valence-corrected chi connectivity index (χ2v) is 5.65. The van der Waals surface area contributed by atoms with E-state index in [1.807, 2.05) is 31.2 Å². The average molecular weight is 273 g/mol. The van der Waals surface area contributed by atoms with Crippen LogP contribution in [0, 0.1) is 0 Å². The molecule has 0 saturated heterocycles. The Morgan fingerprint density at radius 1 is 1.43 bits per heavy atom. The average Bonchev–Trinajstić information content (AvgIpc) is 2.18. The molecular weight excluding hydrogens is 260 g/mol. The van der Waals surface area contributed by atoms with Gasteiger partial charge in [0.15, 0.2) is 5.78 Å². The fourth-order valence-electron chi connectivity index (χ4n) is 1.11. The number of carbonyl (C=O) groups is 1. The Balaban J connectivity index is 2.78. The van der Waals surface area contributed by atoms with Crippen LogP contribution >= 0.6 is 27.7 Å². The molecule has 0 heterocycles. The van der Waals surface area contributed by atoms with Crippen molar-refractivity contribution in [1.29, 1.82) is 0 Å². The molecule has 3 heteroatoms. The SMILES string of the molecule is CCSc1ccc(C(=O)C(C)Br)cc1. The first-order valence-corrected chi connectivity index (χ1v) is 6.46. The molecule has 76 valence electrons. The van der Waals surface area contributed by atoms with E-state index in [9.17, 15) is 4.79 Å². The lowest BCUT2D eigenvalue weighted by molar-refractivity contribution is 0.0996. The standard InChI is InChI=1S/C11H13BrOS/c1-3-14-10-6-4-9(5-7-10)11(13)8(2)12/h4-8H,3H2,1-2H3. The van der Waals surface area contributed by atoms with Crippen molar-refractivity contribution in [2.75, 3.05) is 5.75 Å². The molecule has 0 bridgehead atoms. The molecule has 0 aromatic heterocycles. The minimum atomic E-state index is -0.104. The van der Waals surface area contributed by atoms with Gasteiger partial charge in [-0.15, -0.1) is 11.8 Å². The third-order valence-electron chi connectivity index (χ3n) is 1.81. The van der Waals surface area contributed by atoms with Gasteiger partial charge in [-0.2, -0.15) is 0 Å². The van der Waals surface area contributed by atoms with E-state index in [1.165, 1.54) is 4.90 Å². The van der Waals surface area contributed by atoms with Gasteiger partial charge in [-0.3, -0.25) is 4.79 Å². The van der Waals surface area contributed by atoms with Crippen molar-refractivity contribution in [3.05, 3.63) is 29.8 Å². The number of thioether (sulfide) groups is 1. The molecule has 0 aliphatic heterocycles. The zero-order valence-electron chi connectivity index (χ0n) is 8.29. The highest BCUT2D eigenvalue weighted by atomic mass is 79.9. The van der Waals surface area contributed by atoms with Gasteiger partial charge in [-0.25, -0.2) is 0 Å². The van der Waals surface area contributed by atoms with Crippen LogP contribution in [0.1, 0.15) is 24.2 Å². The van der Waals surface area contributed by atoms with Crippen LogP contribution in [-0.4, -0.2) is 16.4 Å². The summed E-state index contributed by atoms with van der Waals surface area (Å²) in [5.74, 6) is 1.19. The van der Waals surface area contributed by atoms with Crippen molar-refractivity contribution >= 4 is 33.5 Å². The van der Waals surface area contributed by atoms with Crippen molar-refractivity contribution in [3.63, 3.8) is 0 Å². The minimum absolute atomic E-state index is 0.104. The van der Waals surface area contributed by atoms with E-state index < -0.39 is 0 Å². The molecule has 14 heavy (non-hydrogen) atoms. The Kier molecular flexibility index (Phi) is 4.69. The van der Waals surface area contributed by atoms with Gasteiger partial charge in [0.25, 0.3) is 0 Å². The van der Waals surface area contributed by atoms with Crippen LogP contribution in [0.15, 0.2) is 29.2 Å². The Labute approximate surface area is 97.4 Å². The van der Waals surface area contributed by atoms with Crippen LogP contribution in [0.2, 0.25) is 0 Å². The summed E-state index contributed by atoms with van der Waals surface area (Å²) in [5.41, 5.74) is 0.773. The largest absolute Gasteiger partial charge is 0.293 e. The summed E-state index contributed by atoms with van der Waals surface area (Å²) in [4.78, 5) is 12.7. The number of halogens is 1. The van der Waals surface area contributed by atoms with E-state index in [-0.39, 0.29) is 10.6 Å². The first kappa shape index (κ1) is 11.8. The molecule has 0 amide bonds.